The number of anilines is 1. The molecule has 6 unspecified atom stereocenters. The highest BCUT2D eigenvalue weighted by Crippen LogP contribution is 2.66. The molecule has 4 amide bonds. The second kappa shape index (κ2) is 10.1. The molecule has 224 valence electrons. The number of para-hydroxylation sites is 1. The smallest absolute Gasteiger partial charge is 0.339 e. The van der Waals surface area contributed by atoms with E-state index in [-0.39, 0.29) is 31.7 Å². The maximum absolute atomic E-state index is 14.1. The number of aliphatic hydroxyl groups is 1. The molecule has 0 aromatic heterocycles. The lowest BCUT2D eigenvalue weighted by Crippen LogP contribution is -2.60. The normalized spacial score (nSPS) is 31.5. The molecule has 43 heavy (non-hydrogen) atoms. The van der Waals surface area contributed by atoms with Crippen LogP contribution in [0.5, 0.6) is 11.5 Å². The molecule has 11 nitrogen and oxygen atoms in total. The van der Waals surface area contributed by atoms with Crippen LogP contribution in [-0.4, -0.2) is 79.8 Å². The summed E-state index contributed by atoms with van der Waals surface area (Å²) in [6.07, 6.45) is 1.69. The van der Waals surface area contributed by atoms with E-state index in [0.717, 1.165) is 21.9 Å². The first-order valence-electron chi connectivity index (χ1n) is 13.6. The van der Waals surface area contributed by atoms with E-state index in [1.807, 2.05) is 0 Å². The van der Waals surface area contributed by atoms with Crippen LogP contribution in [-0.2, 0) is 19.2 Å². The number of aromatic hydroxyl groups is 1. The van der Waals surface area contributed by atoms with Gasteiger partial charge in [-0.2, -0.15) is 0 Å². The molecule has 2 heterocycles. The van der Waals surface area contributed by atoms with Gasteiger partial charge in [-0.3, -0.25) is 24.1 Å². The molecule has 0 spiro atoms. The molecule has 2 aliphatic carbocycles. The van der Waals surface area contributed by atoms with Crippen molar-refractivity contribution >= 4 is 58.5 Å². The van der Waals surface area contributed by atoms with E-state index in [0.29, 0.717) is 16.9 Å². The molecular formula is C30H26Cl2N2O9. The molecule has 2 aliphatic heterocycles. The van der Waals surface area contributed by atoms with Gasteiger partial charge in [0.2, 0.25) is 11.8 Å². The number of imide groups is 2. The molecule has 2 aromatic carbocycles. The van der Waals surface area contributed by atoms with E-state index in [1.54, 1.807) is 30.3 Å². The van der Waals surface area contributed by atoms with Crippen molar-refractivity contribution in [1.29, 1.82) is 0 Å². The number of alkyl halides is 2. The highest BCUT2D eigenvalue weighted by Gasteiger charge is 2.76. The molecule has 0 radical (unpaired) electrons. The van der Waals surface area contributed by atoms with E-state index < -0.39 is 74.3 Å². The summed E-state index contributed by atoms with van der Waals surface area (Å²) in [5, 5.41) is 28.9. The van der Waals surface area contributed by atoms with Gasteiger partial charge < -0.3 is 20.1 Å². The molecule has 6 atom stereocenters. The lowest BCUT2D eigenvalue weighted by Gasteiger charge is -2.51. The summed E-state index contributed by atoms with van der Waals surface area (Å²) in [4.78, 5) is 64.3. The van der Waals surface area contributed by atoms with Gasteiger partial charge in [-0.1, -0.05) is 29.8 Å². The molecule has 2 aromatic rings. The van der Waals surface area contributed by atoms with E-state index in [4.69, 9.17) is 27.9 Å². The number of aliphatic hydroxyl groups excluding tert-OH is 1. The lowest BCUT2D eigenvalue weighted by atomic mass is 9.56. The van der Waals surface area contributed by atoms with Gasteiger partial charge >= 0.3 is 5.97 Å². The van der Waals surface area contributed by atoms with Gasteiger partial charge in [0.1, 0.15) is 23.7 Å². The summed E-state index contributed by atoms with van der Waals surface area (Å²) in [5.74, 6) is -7.89. The number of likely N-dealkylation sites (tertiary alicyclic amines) is 1. The fourth-order valence-electron chi connectivity index (χ4n) is 7.19. The molecule has 1 saturated carbocycles. The first-order valence-corrected chi connectivity index (χ1v) is 14.3. The van der Waals surface area contributed by atoms with Gasteiger partial charge in [-0.25, -0.2) is 9.69 Å². The van der Waals surface area contributed by atoms with Gasteiger partial charge in [0.15, 0.2) is 9.75 Å². The Morgan fingerprint density at radius 1 is 1.05 bits per heavy atom. The highest BCUT2D eigenvalue weighted by molar-refractivity contribution is 6.53. The summed E-state index contributed by atoms with van der Waals surface area (Å²) in [6.45, 7) is -0.338. The van der Waals surface area contributed by atoms with Crippen molar-refractivity contribution < 1.29 is 44.0 Å². The molecule has 13 heteroatoms. The zero-order valence-corrected chi connectivity index (χ0v) is 24.2. The van der Waals surface area contributed by atoms with Crippen molar-refractivity contribution in [3.05, 3.63) is 65.2 Å². The Balaban J connectivity index is 1.49. The quantitative estimate of drug-likeness (QED) is 0.248. The topological polar surface area (TPSA) is 162 Å². The van der Waals surface area contributed by atoms with Crippen LogP contribution in [0.25, 0.3) is 0 Å². The predicted molar refractivity (Wildman–Crippen MR) is 152 cm³/mol. The fourth-order valence-corrected chi connectivity index (χ4v) is 8.20. The third-order valence-electron chi connectivity index (χ3n) is 9.06. The Morgan fingerprint density at radius 2 is 1.77 bits per heavy atom. The summed E-state index contributed by atoms with van der Waals surface area (Å²) in [5.41, 5.74) is 0.612. The zero-order chi connectivity index (χ0) is 31.0. The minimum Gasteiger partial charge on any atom is -0.507 e. The minimum atomic E-state index is -1.99. The second-order valence-corrected chi connectivity index (χ2v) is 12.4. The van der Waals surface area contributed by atoms with Crippen LogP contribution >= 0.6 is 23.2 Å². The number of nitrogens with zero attached hydrogens (tertiary/aromatic N) is 2. The van der Waals surface area contributed by atoms with Gasteiger partial charge in [-0.05, 0) is 37.0 Å². The SMILES string of the molecule is CN1C(=O)C2(Cl)CC3C(=CCC4C(=O)N(c5ccc(C(=O)O)c(O)c5)C(=O)C43)C(c3ccccc3OCCO)C2(Cl)C1=O. The number of allylic oxidation sites excluding steroid dienone is 2. The van der Waals surface area contributed by atoms with Crippen LogP contribution in [0.15, 0.2) is 54.1 Å². The number of phenols is 1. The molecule has 0 bridgehead atoms. The minimum absolute atomic E-state index is 0.00249. The van der Waals surface area contributed by atoms with Crippen molar-refractivity contribution in [2.75, 3.05) is 25.2 Å². The number of carboxylic acids is 1. The van der Waals surface area contributed by atoms with Crippen molar-refractivity contribution in [3.63, 3.8) is 0 Å². The summed E-state index contributed by atoms with van der Waals surface area (Å²) >= 11 is 14.4. The number of hydrogen-bond donors (Lipinski definition) is 3. The first-order chi connectivity index (χ1) is 20.4. The first kappa shape index (κ1) is 29.2. The van der Waals surface area contributed by atoms with E-state index in [9.17, 15) is 39.3 Å². The molecule has 6 rings (SSSR count). The monoisotopic (exact) mass is 628 g/mol. The molecule has 4 aliphatic rings. The second-order valence-electron chi connectivity index (χ2n) is 11.1. The van der Waals surface area contributed by atoms with Gasteiger partial charge in [0.25, 0.3) is 11.8 Å². The van der Waals surface area contributed by atoms with Crippen LogP contribution in [0, 0.1) is 17.8 Å². The average molecular weight is 629 g/mol. The van der Waals surface area contributed by atoms with Gasteiger partial charge in [0, 0.05) is 24.6 Å². The molecule has 2 saturated heterocycles. The average Bonchev–Trinajstić information content (AvgIpc) is 3.31. The maximum atomic E-state index is 14.1. The number of fused-ring (bicyclic) bond motifs is 4. The standard InChI is InChI=1S/C30H26Cl2N2O9/c1-33-27(41)29(31)13-19-15(23(30(29,32)28(33)42)17-4-2-3-5-21(17)43-11-10-35)8-9-18-22(19)25(38)34(24(18)37)14-6-7-16(26(39)40)20(36)12-14/h2-8,12,18-19,22-23,35-36H,9-11,13H2,1H3,(H,39,40). The zero-order valence-electron chi connectivity index (χ0n) is 22.7. The number of aromatic carboxylic acids is 1. The number of halogens is 2. The van der Waals surface area contributed by atoms with Gasteiger partial charge in [-0.15, -0.1) is 23.2 Å². The van der Waals surface area contributed by atoms with Crippen molar-refractivity contribution in [2.45, 2.75) is 28.5 Å². The van der Waals surface area contributed by atoms with Crippen molar-refractivity contribution in [2.24, 2.45) is 17.8 Å². The number of ether oxygens (including phenoxy) is 1. The Kier molecular flexibility index (Phi) is 6.83. The number of hydrogen-bond acceptors (Lipinski definition) is 8. The van der Waals surface area contributed by atoms with Crippen LogP contribution in [0.1, 0.15) is 34.7 Å². The number of amides is 4. The molecular weight excluding hydrogens is 603 g/mol. The summed E-state index contributed by atoms with van der Waals surface area (Å²) in [6, 6.07) is 10.2. The number of benzene rings is 2. The number of carboxylic acid groups (broad SMARTS) is 1. The third kappa shape index (κ3) is 3.87. The van der Waals surface area contributed by atoms with Crippen molar-refractivity contribution in [3.8, 4) is 11.5 Å². The van der Waals surface area contributed by atoms with Crippen LogP contribution < -0.4 is 9.64 Å². The summed E-state index contributed by atoms with van der Waals surface area (Å²) < 4.78 is 5.79. The molecule has 3 N–H and O–H groups in total. The Morgan fingerprint density at radius 3 is 2.44 bits per heavy atom. The maximum Gasteiger partial charge on any atom is 0.339 e. The van der Waals surface area contributed by atoms with Gasteiger partial charge in [0.05, 0.1) is 24.1 Å². The van der Waals surface area contributed by atoms with Crippen LogP contribution in [0.4, 0.5) is 5.69 Å². The van der Waals surface area contributed by atoms with Crippen molar-refractivity contribution in [1.82, 2.24) is 4.90 Å². The number of rotatable bonds is 6. The number of carbonyl (C=O) groups is 5. The van der Waals surface area contributed by atoms with Crippen LogP contribution in [0.3, 0.4) is 0 Å². The Hall–Kier alpha value is -3.93. The van der Waals surface area contributed by atoms with Crippen LogP contribution in [0.2, 0.25) is 0 Å². The predicted octanol–water partition coefficient (Wildman–Crippen LogP) is 2.65. The fraction of sp³-hybridized carbons (Fsp3) is 0.367. The van der Waals surface area contributed by atoms with E-state index >= 15 is 0 Å². The highest BCUT2D eigenvalue weighted by atomic mass is 35.5. The third-order valence-corrected chi connectivity index (χ3v) is 10.5. The Bertz CT molecular complexity index is 1640. The summed E-state index contributed by atoms with van der Waals surface area (Å²) in [7, 11) is 1.29. The Labute approximate surface area is 255 Å². The lowest BCUT2D eigenvalue weighted by molar-refractivity contribution is -0.138. The molecule has 3 fully saturated rings. The van der Waals surface area contributed by atoms with E-state index in [1.165, 1.54) is 13.1 Å². The largest absolute Gasteiger partial charge is 0.507 e. The van der Waals surface area contributed by atoms with E-state index in [2.05, 4.69) is 0 Å². The number of carbonyl (C=O) groups excluding carboxylic acids is 4.